The first-order valence-electron chi connectivity index (χ1n) is 5.57. The summed E-state index contributed by atoms with van der Waals surface area (Å²) < 4.78 is 0. The normalized spacial score (nSPS) is 10.3. The van der Waals surface area contributed by atoms with E-state index >= 15 is 0 Å². The van der Waals surface area contributed by atoms with Crippen LogP contribution in [-0.2, 0) is 4.79 Å². The lowest BCUT2D eigenvalue weighted by molar-refractivity contribution is -0.119. The molecule has 0 unspecified atom stereocenters. The van der Waals surface area contributed by atoms with E-state index in [0.29, 0.717) is 10.8 Å². The predicted molar refractivity (Wildman–Crippen MR) is 72.0 cm³/mol. The topological polar surface area (TPSA) is 86.8 Å². The number of H-pyrrole nitrogens is 1. The zero-order valence-electron chi connectivity index (χ0n) is 10.5. The van der Waals surface area contributed by atoms with E-state index < -0.39 is 0 Å². The minimum Gasteiger partial charge on any atom is -0.365 e. The first-order valence-corrected chi connectivity index (χ1v) is 5.95. The number of benzene rings is 1. The Balaban J connectivity index is 2.37. The molecular weight excluding hydrogens is 268 g/mol. The summed E-state index contributed by atoms with van der Waals surface area (Å²) in [6.45, 7) is 0.214. The van der Waals surface area contributed by atoms with E-state index in [1.807, 2.05) is 0 Å². The summed E-state index contributed by atoms with van der Waals surface area (Å²) in [6.07, 6.45) is 0. The van der Waals surface area contributed by atoms with Crippen molar-refractivity contribution < 1.29 is 4.79 Å². The second kappa shape index (κ2) is 5.66. The van der Waals surface area contributed by atoms with Gasteiger partial charge in [0.1, 0.15) is 0 Å². The molecule has 0 radical (unpaired) electrons. The van der Waals surface area contributed by atoms with Gasteiger partial charge in [0.05, 0.1) is 6.54 Å². The van der Waals surface area contributed by atoms with Crippen LogP contribution < -0.4 is 10.2 Å². The van der Waals surface area contributed by atoms with Gasteiger partial charge in [0.2, 0.25) is 5.91 Å². The minimum absolute atomic E-state index is 0.0934. The van der Waals surface area contributed by atoms with Crippen LogP contribution >= 0.6 is 11.6 Å². The van der Waals surface area contributed by atoms with E-state index in [1.54, 1.807) is 37.2 Å². The van der Waals surface area contributed by atoms with Crippen molar-refractivity contribution in [2.24, 2.45) is 0 Å². The third-order valence-corrected chi connectivity index (χ3v) is 2.87. The molecule has 0 aliphatic heterocycles. The second-order valence-electron chi connectivity index (χ2n) is 3.94. The van der Waals surface area contributed by atoms with E-state index in [1.165, 1.54) is 0 Å². The van der Waals surface area contributed by atoms with E-state index in [4.69, 9.17) is 11.6 Å². The molecule has 0 aliphatic carbocycles. The summed E-state index contributed by atoms with van der Waals surface area (Å²) in [6, 6.07) is 5.32. The number of hydrogen-bond donors (Lipinski definition) is 2. The van der Waals surface area contributed by atoms with Crippen molar-refractivity contribution in [1.29, 1.82) is 0 Å². The fourth-order valence-corrected chi connectivity index (χ4v) is 1.84. The van der Waals surface area contributed by atoms with E-state index in [2.05, 4.69) is 25.9 Å². The van der Waals surface area contributed by atoms with Crippen LogP contribution in [0.1, 0.15) is 0 Å². The summed E-state index contributed by atoms with van der Waals surface area (Å²) in [5.41, 5.74) is 1.55. The van der Waals surface area contributed by atoms with Crippen LogP contribution in [0.3, 0.4) is 0 Å². The maximum Gasteiger partial charge on any atom is 0.239 e. The molecule has 1 aromatic carbocycles. The minimum atomic E-state index is -0.0934. The molecule has 2 rings (SSSR count). The van der Waals surface area contributed by atoms with Crippen molar-refractivity contribution in [3.8, 4) is 11.4 Å². The molecule has 2 aromatic rings. The third-order valence-electron chi connectivity index (χ3n) is 2.63. The van der Waals surface area contributed by atoms with Gasteiger partial charge in [-0.1, -0.05) is 11.6 Å². The van der Waals surface area contributed by atoms with Crippen molar-refractivity contribution in [2.45, 2.75) is 0 Å². The van der Waals surface area contributed by atoms with Gasteiger partial charge in [-0.3, -0.25) is 4.79 Å². The second-order valence-corrected chi connectivity index (χ2v) is 4.38. The molecule has 0 fully saturated rings. The van der Waals surface area contributed by atoms with Crippen molar-refractivity contribution in [1.82, 2.24) is 25.9 Å². The third kappa shape index (κ3) is 3.00. The highest BCUT2D eigenvalue weighted by Gasteiger charge is 2.14. The van der Waals surface area contributed by atoms with Gasteiger partial charge in [0.15, 0.2) is 5.82 Å². The first-order chi connectivity index (χ1) is 9.11. The number of rotatable bonds is 4. The molecule has 7 nitrogen and oxygen atoms in total. The number of anilines is 1. The Hall–Kier alpha value is -2.15. The molecule has 0 aliphatic rings. The number of aromatic amines is 1. The van der Waals surface area contributed by atoms with Crippen LogP contribution in [0.25, 0.3) is 11.4 Å². The van der Waals surface area contributed by atoms with E-state index in [0.717, 1.165) is 11.3 Å². The highest BCUT2D eigenvalue weighted by atomic mass is 35.5. The number of amides is 1. The molecule has 0 saturated heterocycles. The Morgan fingerprint density at radius 2 is 2.32 bits per heavy atom. The number of carbonyl (C=O) groups is 1. The summed E-state index contributed by atoms with van der Waals surface area (Å²) >= 11 is 6.00. The maximum absolute atomic E-state index is 11.4. The quantitative estimate of drug-likeness (QED) is 0.861. The van der Waals surface area contributed by atoms with Crippen LogP contribution in [0.2, 0.25) is 5.02 Å². The molecular formula is C11H13ClN6O. The van der Waals surface area contributed by atoms with Gasteiger partial charge in [0, 0.05) is 30.4 Å². The Labute approximate surface area is 114 Å². The van der Waals surface area contributed by atoms with Crippen molar-refractivity contribution in [3.63, 3.8) is 0 Å². The lowest BCUT2D eigenvalue weighted by atomic mass is 10.1. The average molecular weight is 281 g/mol. The molecule has 2 N–H and O–H groups in total. The largest absolute Gasteiger partial charge is 0.365 e. The van der Waals surface area contributed by atoms with Crippen LogP contribution in [0.4, 0.5) is 5.69 Å². The molecule has 0 spiro atoms. The number of nitrogens with one attached hydrogen (secondary N) is 2. The maximum atomic E-state index is 11.4. The smallest absolute Gasteiger partial charge is 0.239 e. The lowest BCUT2D eigenvalue weighted by Gasteiger charge is -2.21. The SMILES string of the molecule is CNC(=O)CN(C)c1cc(Cl)ccc1-c1nnn[nH]1. The number of likely N-dealkylation sites (N-methyl/N-ethyl adjacent to an activating group) is 2. The standard InChI is InChI=1S/C11H13ClN6O/c1-13-10(19)6-18(2)9-5-7(12)3-4-8(9)11-14-16-17-15-11/h3-5H,6H2,1-2H3,(H,13,19)(H,14,15,16,17). The van der Waals surface area contributed by atoms with Crippen molar-refractivity contribution in [2.75, 3.05) is 25.5 Å². The molecule has 0 atom stereocenters. The fourth-order valence-electron chi connectivity index (χ4n) is 1.67. The Morgan fingerprint density at radius 3 is 2.95 bits per heavy atom. The molecule has 8 heteroatoms. The number of hydrogen-bond acceptors (Lipinski definition) is 5. The van der Waals surface area contributed by atoms with Gasteiger partial charge in [-0.25, -0.2) is 5.10 Å². The lowest BCUT2D eigenvalue weighted by Crippen LogP contribution is -2.33. The molecule has 0 saturated carbocycles. The molecule has 0 bridgehead atoms. The number of halogens is 1. The number of carbonyl (C=O) groups excluding carboxylic acids is 1. The number of aromatic nitrogens is 4. The molecule has 100 valence electrons. The fraction of sp³-hybridized carbons (Fsp3) is 0.273. The highest BCUT2D eigenvalue weighted by Crippen LogP contribution is 2.30. The Morgan fingerprint density at radius 1 is 1.53 bits per heavy atom. The Bertz CT molecular complexity index is 571. The van der Waals surface area contributed by atoms with Crippen molar-refractivity contribution in [3.05, 3.63) is 23.2 Å². The average Bonchev–Trinajstić information content (AvgIpc) is 2.92. The van der Waals surface area contributed by atoms with Gasteiger partial charge in [0.25, 0.3) is 0 Å². The van der Waals surface area contributed by atoms with Crippen LogP contribution in [0, 0.1) is 0 Å². The van der Waals surface area contributed by atoms with Crippen LogP contribution in [0.15, 0.2) is 18.2 Å². The van der Waals surface area contributed by atoms with Gasteiger partial charge < -0.3 is 10.2 Å². The van der Waals surface area contributed by atoms with Crippen LogP contribution in [-0.4, -0.2) is 47.2 Å². The van der Waals surface area contributed by atoms with Crippen molar-refractivity contribution >= 4 is 23.2 Å². The van der Waals surface area contributed by atoms with E-state index in [9.17, 15) is 4.79 Å². The number of nitrogens with zero attached hydrogens (tertiary/aromatic N) is 4. The molecule has 19 heavy (non-hydrogen) atoms. The Kier molecular flexibility index (Phi) is 3.96. The highest BCUT2D eigenvalue weighted by molar-refractivity contribution is 6.31. The summed E-state index contributed by atoms with van der Waals surface area (Å²) in [5, 5.41) is 16.8. The van der Waals surface area contributed by atoms with Crippen LogP contribution in [0.5, 0.6) is 0 Å². The summed E-state index contributed by atoms with van der Waals surface area (Å²) in [5.74, 6) is 0.430. The van der Waals surface area contributed by atoms with Gasteiger partial charge in [-0.2, -0.15) is 0 Å². The van der Waals surface area contributed by atoms with Gasteiger partial charge >= 0.3 is 0 Å². The first kappa shape index (κ1) is 13.3. The number of tetrazole rings is 1. The molecule has 1 aromatic heterocycles. The summed E-state index contributed by atoms with van der Waals surface area (Å²) in [7, 11) is 3.39. The van der Waals surface area contributed by atoms with E-state index in [-0.39, 0.29) is 12.5 Å². The molecule has 1 amide bonds. The monoisotopic (exact) mass is 280 g/mol. The molecule has 1 heterocycles. The summed E-state index contributed by atoms with van der Waals surface area (Å²) in [4.78, 5) is 13.2. The van der Waals surface area contributed by atoms with Gasteiger partial charge in [-0.15, -0.1) is 5.10 Å². The van der Waals surface area contributed by atoms with Gasteiger partial charge in [-0.05, 0) is 28.6 Å². The predicted octanol–water partition coefficient (Wildman–Crippen LogP) is 0.702. The zero-order valence-corrected chi connectivity index (χ0v) is 11.3. The zero-order chi connectivity index (χ0) is 13.8.